The molecule has 8 nitrogen and oxygen atoms in total. The molecule has 0 aliphatic carbocycles. The number of nitrogens with one attached hydrogen (secondary N) is 1. The summed E-state index contributed by atoms with van der Waals surface area (Å²) < 4.78 is 43.2. The molecule has 0 radical (unpaired) electrons. The molecule has 3 aromatic rings. The average molecular weight is 432 g/mol. The van der Waals surface area contributed by atoms with E-state index < -0.39 is 36.4 Å². The lowest BCUT2D eigenvalue weighted by Gasteiger charge is -2.18. The van der Waals surface area contributed by atoms with Gasteiger partial charge in [0, 0.05) is 5.39 Å². The van der Waals surface area contributed by atoms with Gasteiger partial charge in [-0.25, -0.2) is 14.6 Å². The summed E-state index contributed by atoms with van der Waals surface area (Å²) in [6.07, 6.45) is -5.92. The smallest absolute Gasteiger partial charge is 0.442 e. The maximum atomic E-state index is 12.8. The van der Waals surface area contributed by atoms with Crippen LogP contribution in [0.2, 0.25) is 0 Å². The largest absolute Gasteiger partial charge is 0.451 e. The normalized spacial score (nSPS) is 11.1. The molecule has 1 amide bonds. The number of pyridine rings is 1. The predicted molar refractivity (Wildman–Crippen MR) is 103 cm³/mol. The van der Waals surface area contributed by atoms with Crippen molar-refractivity contribution in [1.82, 2.24) is 10.0 Å². The highest BCUT2D eigenvalue weighted by Crippen LogP contribution is 2.29. The van der Waals surface area contributed by atoms with Crippen LogP contribution in [0.4, 0.5) is 18.0 Å². The average Bonchev–Trinajstić information content (AvgIpc) is 2.74. The summed E-state index contributed by atoms with van der Waals surface area (Å²) in [6, 6.07) is 14.1. The van der Waals surface area contributed by atoms with Gasteiger partial charge in [0.1, 0.15) is 6.61 Å². The zero-order chi connectivity index (χ0) is 22.6. The number of ether oxygens (including phenoxy) is 1. The quantitative estimate of drug-likeness (QED) is 0.369. The van der Waals surface area contributed by atoms with E-state index in [1.807, 2.05) is 0 Å². The first-order valence-corrected chi connectivity index (χ1v) is 8.70. The van der Waals surface area contributed by atoms with E-state index in [0.29, 0.717) is 5.52 Å². The lowest BCUT2D eigenvalue weighted by Crippen LogP contribution is -2.43. The van der Waals surface area contributed by atoms with Crippen molar-refractivity contribution in [2.24, 2.45) is 5.73 Å². The van der Waals surface area contributed by atoms with Crippen LogP contribution in [0.1, 0.15) is 21.6 Å². The topological polar surface area (TPSA) is 119 Å². The van der Waals surface area contributed by atoms with Gasteiger partial charge in [0.25, 0.3) is 0 Å². The molecule has 31 heavy (non-hydrogen) atoms. The van der Waals surface area contributed by atoms with Crippen LogP contribution in [0, 0.1) is 5.41 Å². The zero-order valence-corrected chi connectivity index (χ0v) is 15.7. The number of hydroxylamine groups is 2. The number of hydrogen-bond acceptors (Lipinski definition) is 6. The molecule has 1 aromatic heterocycles. The number of halogens is 3. The van der Waals surface area contributed by atoms with E-state index in [9.17, 15) is 22.8 Å². The summed E-state index contributed by atoms with van der Waals surface area (Å²) in [4.78, 5) is 33.4. The molecular formula is C20H15F3N4O4. The second-order valence-corrected chi connectivity index (χ2v) is 6.20. The lowest BCUT2D eigenvalue weighted by molar-refractivity contribution is -0.137. The van der Waals surface area contributed by atoms with E-state index in [-0.39, 0.29) is 16.3 Å². The summed E-state index contributed by atoms with van der Waals surface area (Å²) in [6.45, 7) is -0.571. The van der Waals surface area contributed by atoms with Gasteiger partial charge in [0.15, 0.2) is 5.69 Å². The number of amides is 1. The number of carbonyl (C=O) groups is 2. The Kier molecular flexibility index (Phi) is 6.05. The summed E-state index contributed by atoms with van der Waals surface area (Å²) in [5.41, 5.74) is 4.73. The maximum Gasteiger partial charge on any atom is 0.451 e. The molecule has 0 atom stereocenters. The Hall–Kier alpha value is -4.15. The van der Waals surface area contributed by atoms with Crippen molar-refractivity contribution < 1.29 is 32.3 Å². The molecule has 3 rings (SSSR count). The predicted octanol–water partition coefficient (Wildman–Crippen LogP) is 3.86. The highest BCUT2D eigenvalue weighted by molar-refractivity contribution is 5.95. The number of nitrogens with two attached hydrogens (primary N) is 1. The molecule has 0 aliphatic rings. The third kappa shape index (κ3) is 5.26. The first kappa shape index (κ1) is 21.6. The first-order chi connectivity index (χ1) is 14.6. The number of nitrogens with zero attached hydrogens (tertiary/aromatic N) is 2. The minimum absolute atomic E-state index is 0.0363. The van der Waals surface area contributed by atoms with E-state index in [2.05, 4.69) is 4.98 Å². The van der Waals surface area contributed by atoms with E-state index in [1.165, 1.54) is 12.1 Å². The molecule has 0 unspecified atom stereocenters. The van der Waals surface area contributed by atoms with Crippen molar-refractivity contribution in [2.45, 2.75) is 12.8 Å². The van der Waals surface area contributed by atoms with Crippen LogP contribution in [0.25, 0.3) is 10.9 Å². The van der Waals surface area contributed by atoms with Crippen molar-refractivity contribution in [3.05, 3.63) is 77.5 Å². The number of alkyl halides is 3. The highest BCUT2D eigenvalue weighted by atomic mass is 19.4. The standard InChI is InChI=1S/C20H15F3N4O4/c21-20(22,23)14-6-3-4-12(10-14)11-30-19(29)27(18(24)25)31-17(28)16-9-8-13-5-1-2-7-15(13)26-16/h1-10H,11H2,(H3,24,25). The minimum atomic E-state index is -4.56. The number of carbonyl (C=O) groups excluding carboxylic acids is 2. The van der Waals surface area contributed by atoms with Gasteiger partial charge < -0.3 is 15.3 Å². The number of benzene rings is 2. The van der Waals surface area contributed by atoms with Crippen LogP contribution in [-0.2, 0) is 22.4 Å². The van der Waals surface area contributed by atoms with E-state index in [4.69, 9.17) is 20.7 Å². The maximum absolute atomic E-state index is 12.8. The molecule has 3 N–H and O–H groups in total. The SMILES string of the molecule is N=C(N)N(OC(=O)c1ccc2ccccc2n1)C(=O)OCc1cccc(C(F)(F)F)c1. The summed E-state index contributed by atoms with van der Waals surface area (Å²) in [5.74, 6) is -2.06. The van der Waals surface area contributed by atoms with Crippen LogP contribution in [0.5, 0.6) is 0 Å². The molecule has 0 spiro atoms. The molecule has 0 fully saturated rings. The van der Waals surface area contributed by atoms with Gasteiger partial charge in [-0.2, -0.15) is 13.2 Å². The number of hydrogen-bond donors (Lipinski definition) is 2. The van der Waals surface area contributed by atoms with Crippen LogP contribution in [-0.4, -0.2) is 28.1 Å². The lowest BCUT2D eigenvalue weighted by atomic mass is 10.1. The Labute approximate surface area is 173 Å². The van der Waals surface area contributed by atoms with Crippen molar-refractivity contribution in [3.8, 4) is 0 Å². The van der Waals surface area contributed by atoms with E-state index >= 15 is 0 Å². The fourth-order valence-electron chi connectivity index (χ4n) is 2.54. The molecule has 0 saturated heterocycles. The second kappa shape index (κ2) is 8.69. The highest BCUT2D eigenvalue weighted by Gasteiger charge is 2.30. The van der Waals surface area contributed by atoms with Crippen molar-refractivity contribution in [2.75, 3.05) is 0 Å². The van der Waals surface area contributed by atoms with Gasteiger partial charge in [0.05, 0.1) is 11.1 Å². The minimum Gasteiger partial charge on any atom is -0.442 e. The summed E-state index contributed by atoms with van der Waals surface area (Å²) in [5, 5.41) is 8.27. The summed E-state index contributed by atoms with van der Waals surface area (Å²) in [7, 11) is 0. The fraction of sp³-hybridized carbons (Fsp3) is 0.100. The molecule has 0 bridgehead atoms. The Bertz CT molecular complexity index is 1150. The van der Waals surface area contributed by atoms with Crippen molar-refractivity contribution in [3.63, 3.8) is 0 Å². The van der Waals surface area contributed by atoms with Crippen LogP contribution >= 0.6 is 0 Å². The number of para-hydroxylation sites is 1. The van der Waals surface area contributed by atoms with Gasteiger partial charge in [-0.15, -0.1) is 0 Å². The van der Waals surface area contributed by atoms with Gasteiger partial charge in [-0.3, -0.25) is 5.41 Å². The van der Waals surface area contributed by atoms with Crippen molar-refractivity contribution >= 4 is 28.9 Å². The van der Waals surface area contributed by atoms with Crippen LogP contribution < -0.4 is 5.73 Å². The molecule has 2 aromatic carbocycles. The fourth-order valence-corrected chi connectivity index (χ4v) is 2.54. The van der Waals surface area contributed by atoms with Gasteiger partial charge in [0.2, 0.25) is 5.96 Å². The van der Waals surface area contributed by atoms with Crippen LogP contribution in [0.15, 0.2) is 60.7 Å². The molecule has 0 aliphatic heterocycles. The molecular weight excluding hydrogens is 417 g/mol. The molecule has 11 heteroatoms. The zero-order valence-electron chi connectivity index (χ0n) is 15.7. The Balaban J connectivity index is 1.69. The first-order valence-electron chi connectivity index (χ1n) is 8.70. The van der Waals surface area contributed by atoms with Crippen LogP contribution in [0.3, 0.4) is 0 Å². The molecule has 1 heterocycles. The van der Waals surface area contributed by atoms with Crippen molar-refractivity contribution in [1.29, 1.82) is 5.41 Å². The van der Waals surface area contributed by atoms with Gasteiger partial charge >= 0.3 is 18.2 Å². The van der Waals surface area contributed by atoms with Gasteiger partial charge in [-0.05, 0) is 29.8 Å². The number of fused-ring (bicyclic) bond motifs is 1. The Morgan fingerprint density at radius 1 is 1.06 bits per heavy atom. The third-order valence-corrected chi connectivity index (χ3v) is 3.98. The monoisotopic (exact) mass is 432 g/mol. The Morgan fingerprint density at radius 3 is 2.52 bits per heavy atom. The van der Waals surface area contributed by atoms with E-state index in [1.54, 1.807) is 30.3 Å². The third-order valence-electron chi connectivity index (χ3n) is 3.98. The molecule has 0 saturated carbocycles. The number of rotatable bonds is 3. The Morgan fingerprint density at radius 2 is 1.81 bits per heavy atom. The summed E-state index contributed by atoms with van der Waals surface area (Å²) >= 11 is 0. The van der Waals surface area contributed by atoms with E-state index in [0.717, 1.165) is 23.6 Å². The second-order valence-electron chi connectivity index (χ2n) is 6.20. The molecule has 160 valence electrons. The number of aromatic nitrogens is 1. The number of guanidine groups is 1. The van der Waals surface area contributed by atoms with Gasteiger partial charge in [-0.1, -0.05) is 41.5 Å².